The van der Waals surface area contributed by atoms with Crippen LogP contribution in [0.1, 0.15) is 52.2 Å². The monoisotopic (exact) mass is 389 g/mol. The molecule has 0 radical (unpaired) electrons. The first kappa shape index (κ1) is 18.2. The quantitative estimate of drug-likeness (QED) is 0.800. The van der Waals surface area contributed by atoms with E-state index in [-0.39, 0.29) is 24.9 Å². The summed E-state index contributed by atoms with van der Waals surface area (Å²) in [5, 5.41) is 12.9. The van der Waals surface area contributed by atoms with Gasteiger partial charge in [0.1, 0.15) is 18.5 Å². The number of ether oxygens (including phenoxy) is 3. The molecule has 1 saturated carbocycles. The van der Waals surface area contributed by atoms with Crippen LogP contribution < -0.4 is 5.32 Å². The van der Waals surface area contributed by atoms with Crippen molar-refractivity contribution in [3.05, 3.63) is 12.7 Å². The van der Waals surface area contributed by atoms with Crippen molar-refractivity contribution in [3.63, 3.8) is 0 Å². The second-order valence-corrected chi connectivity index (χ2v) is 8.31. The van der Waals surface area contributed by atoms with Gasteiger partial charge in [0.2, 0.25) is 0 Å². The average Bonchev–Trinajstić information content (AvgIpc) is 3.41. The van der Waals surface area contributed by atoms with E-state index < -0.39 is 12.0 Å². The first-order valence-corrected chi connectivity index (χ1v) is 10.1. The molecule has 2 saturated heterocycles. The lowest BCUT2D eigenvalue weighted by Gasteiger charge is -2.24. The molecule has 9 heteroatoms. The number of fused-ring (bicyclic) bond motifs is 2. The van der Waals surface area contributed by atoms with Gasteiger partial charge in [0.15, 0.2) is 29.0 Å². The molecule has 1 aliphatic carbocycles. The van der Waals surface area contributed by atoms with E-state index in [1.54, 1.807) is 12.7 Å². The van der Waals surface area contributed by atoms with Crippen LogP contribution in [0.2, 0.25) is 0 Å². The number of nitrogens with zero attached hydrogens (tertiary/aromatic N) is 4. The van der Waals surface area contributed by atoms with Crippen molar-refractivity contribution in [1.82, 2.24) is 19.5 Å². The lowest BCUT2D eigenvalue weighted by atomic mass is 10.1. The van der Waals surface area contributed by atoms with Gasteiger partial charge in [0.25, 0.3) is 0 Å². The maximum absolute atomic E-state index is 9.41. The fraction of sp³-hybridized carbons (Fsp3) is 0.737. The molecular formula is C19H27N5O4. The minimum Gasteiger partial charge on any atom is -0.396 e. The molecular weight excluding hydrogens is 362 g/mol. The van der Waals surface area contributed by atoms with Crippen molar-refractivity contribution >= 4 is 17.0 Å². The molecule has 0 bridgehead atoms. The number of imidazole rings is 1. The van der Waals surface area contributed by atoms with Gasteiger partial charge in [-0.05, 0) is 33.1 Å². The predicted molar refractivity (Wildman–Crippen MR) is 101 cm³/mol. The Bertz CT molecular complexity index is 850. The molecule has 0 aromatic carbocycles. The van der Waals surface area contributed by atoms with Crippen molar-refractivity contribution in [1.29, 1.82) is 0 Å². The van der Waals surface area contributed by atoms with E-state index in [1.807, 2.05) is 18.4 Å². The summed E-state index contributed by atoms with van der Waals surface area (Å²) >= 11 is 0. The number of nitrogens with one attached hydrogen (secondary N) is 1. The van der Waals surface area contributed by atoms with Gasteiger partial charge in [0.05, 0.1) is 12.4 Å². The summed E-state index contributed by atoms with van der Waals surface area (Å²) in [5.74, 6) is 0.0760. The van der Waals surface area contributed by atoms with E-state index >= 15 is 0 Å². The molecule has 2 aromatic rings. The largest absolute Gasteiger partial charge is 0.396 e. The van der Waals surface area contributed by atoms with Gasteiger partial charge in [-0.3, -0.25) is 4.57 Å². The standard InChI is InChI=1S/C19H27N5O4/c1-19(2)27-14-12(7-8-25)26-18(15(14)28-19)24-10-22-13-16(20-9-21-17(13)24)23-11-5-3-4-6-11/h9-12,14-15,18,25H,3-8H2,1-2H3,(H,20,21,23)/t12-,14?,15+,18-/m1/s1. The maximum atomic E-state index is 9.41. The summed E-state index contributed by atoms with van der Waals surface area (Å²) in [6.45, 7) is 3.83. The van der Waals surface area contributed by atoms with Crippen molar-refractivity contribution < 1.29 is 19.3 Å². The third kappa shape index (κ3) is 3.06. The van der Waals surface area contributed by atoms with Crippen LogP contribution in [0, 0.1) is 0 Å². The number of aliphatic hydroxyl groups is 1. The summed E-state index contributed by atoms with van der Waals surface area (Å²) in [6, 6.07) is 0.441. The molecule has 4 heterocycles. The fourth-order valence-corrected chi connectivity index (χ4v) is 4.65. The maximum Gasteiger partial charge on any atom is 0.167 e. The molecule has 152 valence electrons. The summed E-state index contributed by atoms with van der Waals surface area (Å²) in [7, 11) is 0. The number of rotatable bonds is 5. The van der Waals surface area contributed by atoms with Gasteiger partial charge in [-0.25, -0.2) is 15.0 Å². The average molecular weight is 389 g/mol. The second kappa shape index (κ2) is 6.91. The molecule has 2 aromatic heterocycles. The number of aliphatic hydroxyl groups excluding tert-OH is 1. The minimum absolute atomic E-state index is 0.0344. The summed E-state index contributed by atoms with van der Waals surface area (Å²) in [4.78, 5) is 13.5. The molecule has 0 spiro atoms. The van der Waals surface area contributed by atoms with Gasteiger partial charge < -0.3 is 24.6 Å². The molecule has 3 aliphatic rings. The van der Waals surface area contributed by atoms with Crippen LogP contribution in [0.4, 0.5) is 5.82 Å². The third-order valence-electron chi connectivity index (χ3n) is 5.87. The molecule has 3 fully saturated rings. The van der Waals surface area contributed by atoms with Gasteiger partial charge in [-0.2, -0.15) is 0 Å². The van der Waals surface area contributed by atoms with Crippen molar-refractivity contribution in [2.24, 2.45) is 0 Å². The molecule has 1 unspecified atom stereocenters. The predicted octanol–water partition coefficient (Wildman–Crippen LogP) is 1.98. The molecule has 0 amide bonds. The molecule has 4 atom stereocenters. The van der Waals surface area contributed by atoms with E-state index in [9.17, 15) is 5.11 Å². The zero-order valence-corrected chi connectivity index (χ0v) is 16.2. The fourth-order valence-electron chi connectivity index (χ4n) is 4.65. The second-order valence-electron chi connectivity index (χ2n) is 8.31. The molecule has 5 rings (SSSR count). The normalized spacial score (nSPS) is 32.2. The zero-order chi connectivity index (χ0) is 19.3. The SMILES string of the molecule is CC1(C)OC2[C@@H](CCO)O[C@@H](n3cnc4c(NC5CCCC5)ncnc43)[C@H]2O1. The highest BCUT2D eigenvalue weighted by Gasteiger charge is 2.55. The van der Waals surface area contributed by atoms with Crippen molar-refractivity contribution in [2.45, 2.75) is 82.3 Å². The van der Waals surface area contributed by atoms with Crippen LogP contribution in [0.15, 0.2) is 12.7 Å². The number of hydrogen-bond donors (Lipinski definition) is 2. The summed E-state index contributed by atoms with van der Waals surface area (Å²) in [5.41, 5.74) is 1.44. The van der Waals surface area contributed by atoms with Crippen LogP contribution in [-0.4, -0.2) is 61.4 Å². The van der Waals surface area contributed by atoms with Crippen LogP contribution in [-0.2, 0) is 14.2 Å². The van der Waals surface area contributed by atoms with Gasteiger partial charge in [-0.1, -0.05) is 12.8 Å². The van der Waals surface area contributed by atoms with E-state index in [0.717, 1.165) is 24.2 Å². The lowest BCUT2D eigenvalue weighted by molar-refractivity contribution is -0.197. The van der Waals surface area contributed by atoms with Crippen LogP contribution in [0.25, 0.3) is 11.2 Å². The van der Waals surface area contributed by atoms with Crippen molar-refractivity contribution in [3.8, 4) is 0 Å². The Labute approximate surface area is 163 Å². The summed E-state index contributed by atoms with van der Waals surface area (Å²) < 4.78 is 20.3. The molecule has 9 nitrogen and oxygen atoms in total. The van der Waals surface area contributed by atoms with Gasteiger partial charge in [-0.15, -0.1) is 0 Å². The Morgan fingerprint density at radius 3 is 2.75 bits per heavy atom. The number of hydrogen-bond acceptors (Lipinski definition) is 8. The first-order valence-electron chi connectivity index (χ1n) is 10.1. The lowest BCUT2D eigenvalue weighted by Crippen LogP contribution is -2.30. The van der Waals surface area contributed by atoms with Crippen molar-refractivity contribution in [2.75, 3.05) is 11.9 Å². The first-order chi connectivity index (χ1) is 13.6. The topological polar surface area (TPSA) is 104 Å². The van der Waals surface area contributed by atoms with E-state index in [1.165, 1.54) is 12.8 Å². The number of aromatic nitrogens is 4. The minimum atomic E-state index is -0.689. The molecule has 2 aliphatic heterocycles. The highest BCUT2D eigenvalue weighted by molar-refractivity contribution is 5.82. The Balaban J connectivity index is 1.47. The Morgan fingerprint density at radius 1 is 1.18 bits per heavy atom. The van der Waals surface area contributed by atoms with E-state index in [4.69, 9.17) is 14.2 Å². The van der Waals surface area contributed by atoms with E-state index in [0.29, 0.717) is 18.1 Å². The number of anilines is 1. The highest BCUT2D eigenvalue weighted by atomic mass is 16.8. The molecule has 2 N–H and O–H groups in total. The zero-order valence-electron chi connectivity index (χ0n) is 16.2. The van der Waals surface area contributed by atoms with Gasteiger partial charge in [0, 0.05) is 12.6 Å². The highest BCUT2D eigenvalue weighted by Crippen LogP contribution is 2.44. The Hall–Kier alpha value is -1.81. The van der Waals surface area contributed by atoms with E-state index in [2.05, 4.69) is 20.3 Å². The Kier molecular flexibility index (Phi) is 4.50. The molecule has 28 heavy (non-hydrogen) atoms. The smallest absolute Gasteiger partial charge is 0.167 e. The van der Waals surface area contributed by atoms with Gasteiger partial charge >= 0.3 is 0 Å². The summed E-state index contributed by atoms with van der Waals surface area (Å²) in [6.07, 6.45) is 7.43. The van der Waals surface area contributed by atoms with Crippen LogP contribution >= 0.6 is 0 Å². The third-order valence-corrected chi connectivity index (χ3v) is 5.87. The van der Waals surface area contributed by atoms with Crippen LogP contribution in [0.3, 0.4) is 0 Å². The Morgan fingerprint density at radius 2 is 1.96 bits per heavy atom. The van der Waals surface area contributed by atoms with Crippen LogP contribution in [0.5, 0.6) is 0 Å².